The van der Waals surface area contributed by atoms with E-state index in [9.17, 15) is 0 Å². The number of aryl methyl sites for hydroxylation is 1. The Kier molecular flexibility index (Phi) is 3.22. The lowest BCUT2D eigenvalue weighted by Gasteiger charge is -2.09. The molecule has 0 spiro atoms. The number of oxazole rings is 1. The Bertz CT molecular complexity index is 475. The summed E-state index contributed by atoms with van der Waals surface area (Å²) in [6.07, 6.45) is 0.578. The fourth-order valence-electron chi connectivity index (χ4n) is 1.68. The Labute approximate surface area is 94.4 Å². The van der Waals surface area contributed by atoms with Crippen molar-refractivity contribution in [1.82, 2.24) is 4.98 Å². The van der Waals surface area contributed by atoms with Crippen molar-refractivity contribution in [3.8, 4) is 0 Å². The molecule has 16 heavy (non-hydrogen) atoms. The van der Waals surface area contributed by atoms with Crippen molar-refractivity contribution in [2.75, 3.05) is 13.7 Å². The molecule has 4 nitrogen and oxygen atoms in total. The molecule has 1 unspecified atom stereocenters. The van der Waals surface area contributed by atoms with Crippen molar-refractivity contribution >= 4 is 11.1 Å². The lowest BCUT2D eigenvalue weighted by molar-refractivity contribution is 0.104. The summed E-state index contributed by atoms with van der Waals surface area (Å²) in [6.45, 7) is 2.49. The quantitative estimate of drug-likeness (QED) is 0.851. The number of benzene rings is 1. The van der Waals surface area contributed by atoms with E-state index >= 15 is 0 Å². The highest BCUT2D eigenvalue weighted by Crippen LogP contribution is 2.19. The zero-order valence-electron chi connectivity index (χ0n) is 9.56. The molecule has 0 fully saturated rings. The third-order valence-corrected chi connectivity index (χ3v) is 2.66. The van der Waals surface area contributed by atoms with Gasteiger partial charge in [0, 0.05) is 13.7 Å². The fraction of sp³-hybridized carbons (Fsp3) is 0.417. The standard InChI is InChI=1S/C12H16N2O2/c1-8-4-3-5-10-12(8)14-11(16-10)6-9(7-13)15-2/h3-5,9H,6-7,13H2,1-2H3. The summed E-state index contributed by atoms with van der Waals surface area (Å²) in [7, 11) is 1.64. The van der Waals surface area contributed by atoms with E-state index in [1.807, 2.05) is 25.1 Å². The number of aromatic nitrogens is 1. The predicted molar refractivity (Wildman–Crippen MR) is 62.3 cm³/mol. The largest absolute Gasteiger partial charge is 0.441 e. The normalized spacial score (nSPS) is 13.2. The van der Waals surface area contributed by atoms with Crippen LogP contribution in [0.3, 0.4) is 0 Å². The second-order valence-electron chi connectivity index (χ2n) is 3.83. The maximum atomic E-state index is 5.64. The number of nitrogens with two attached hydrogens (primary N) is 1. The van der Waals surface area contributed by atoms with Crippen molar-refractivity contribution in [3.63, 3.8) is 0 Å². The molecule has 0 bridgehead atoms. The van der Waals surface area contributed by atoms with Crippen LogP contribution in [-0.4, -0.2) is 24.7 Å². The van der Waals surface area contributed by atoms with Crippen molar-refractivity contribution in [2.24, 2.45) is 5.73 Å². The predicted octanol–water partition coefficient (Wildman–Crippen LogP) is 1.65. The third-order valence-electron chi connectivity index (χ3n) is 2.66. The van der Waals surface area contributed by atoms with E-state index < -0.39 is 0 Å². The van der Waals surface area contributed by atoms with Crippen LogP contribution in [0.1, 0.15) is 11.5 Å². The van der Waals surface area contributed by atoms with E-state index in [-0.39, 0.29) is 6.10 Å². The van der Waals surface area contributed by atoms with Gasteiger partial charge in [0.15, 0.2) is 11.5 Å². The summed E-state index contributed by atoms with van der Waals surface area (Å²) < 4.78 is 10.8. The van der Waals surface area contributed by atoms with Crippen LogP contribution >= 0.6 is 0 Å². The first-order chi connectivity index (χ1) is 7.74. The first-order valence-electron chi connectivity index (χ1n) is 5.32. The van der Waals surface area contributed by atoms with Crippen LogP contribution in [0.15, 0.2) is 22.6 Å². The number of hydrogen-bond acceptors (Lipinski definition) is 4. The number of ether oxygens (including phenoxy) is 1. The average Bonchev–Trinajstić information content (AvgIpc) is 2.70. The molecule has 0 radical (unpaired) electrons. The van der Waals surface area contributed by atoms with Gasteiger partial charge in [-0.25, -0.2) is 4.98 Å². The lowest BCUT2D eigenvalue weighted by atomic mass is 10.2. The van der Waals surface area contributed by atoms with E-state index in [2.05, 4.69) is 4.98 Å². The Morgan fingerprint density at radius 2 is 2.31 bits per heavy atom. The van der Waals surface area contributed by atoms with Gasteiger partial charge in [-0.3, -0.25) is 0 Å². The molecule has 0 aliphatic carbocycles. The van der Waals surface area contributed by atoms with Crippen molar-refractivity contribution in [2.45, 2.75) is 19.4 Å². The van der Waals surface area contributed by atoms with Gasteiger partial charge >= 0.3 is 0 Å². The number of rotatable bonds is 4. The molecule has 0 aliphatic rings. The number of fused-ring (bicyclic) bond motifs is 1. The minimum absolute atomic E-state index is 0.0339. The molecule has 1 atom stereocenters. The maximum absolute atomic E-state index is 5.64. The monoisotopic (exact) mass is 220 g/mol. The molecule has 4 heteroatoms. The van der Waals surface area contributed by atoms with Crippen LogP contribution in [-0.2, 0) is 11.2 Å². The van der Waals surface area contributed by atoms with E-state index in [1.54, 1.807) is 7.11 Å². The molecule has 0 saturated heterocycles. The minimum Gasteiger partial charge on any atom is -0.441 e. The number of methoxy groups -OCH3 is 1. The molecule has 2 N–H and O–H groups in total. The van der Waals surface area contributed by atoms with Gasteiger partial charge in [-0.1, -0.05) is 12.1 Å². The molecule has 2 aromatic rings. The van der Waals surface area contributed by atoms with Gasteiger partial charge in [0.05, 0.1) is 12.5 Å². The third kappa shape index (κ3) is 2.08. The van der Waals surface area contributed by atoms with Crippen LogP contribution in [0, 0.1) is 6.92 Å². The van der Waals surface area contributed by atoms with Crippen molar-refractivity contribution < 1.29 is 9.15 Å². The molecule has 2 rings (SSSR count). The van der Waals surface area contributed by atoms with Gasteiger partial charge in [-0.2, -0.15) is 0 Å². The summed E-state index contributed by atoms with van der Waals surface area (Å²) in [5.74, 6) is 0.682. The zero-order valence-corrected chi connectivity index (χ0v) is 9.56. The minimum atomic E-state index is -0.0339. The summed E-state index contributed by atoms with van der Waals surface area (Å²) in [6, 6.07) is 5.90. The van der Waals surface area contributed by atoms with E-state index in [0.29, 0.717) is 18.9 Å². The van der Waals surface area contributed by atoms with Gasteiger partial charge in [-0.15, -0.1) is 0 Å². The van der Waals surface area contributed by atoms with Gasteiger partial charge < -0.3 is 14.9 Å². The Morgan fingerprint density at radius 1 is 1.50 bits per heavy atom. The molecular formula is C12H16N2O2. The second kappa shape index (κ2) is 4.63. The van der Waals surface area contributed by atoms with E-state index in [1.165, 1.54) is 0 Å². The molecule has 1 heterocycles. The molecular weight excluding hydrogens is 204 g/mol. The maximum Gasteiger partial charge on any atom is 0.198 e. The first kappa shape index (κ1) is 11.1. The van der Waals surface area contributed by atoms with Gasteiger partial charge in [-0.05, 0) is 18.6 Å². The molecule has 1 aromatic heterocycles. The lowest BCUT2D eigenvalue weighted by Crippen LogP contribution is -2.24. The Balaban J connectivity index is 2.29. The summed E-state index contributed by atoms with van der Waals surface area (Å²) >= 11 is 0. The topological polar surface area (TPSA) is 61.3 Å². The number of para-hydroxylation sites is 1. The summed E-state index contributed by atoms with van der Waals surface area (Å²) in [5, 5.41) is 0. The van der Waals surface area contributed by atoms with E-state index in [0.717, 1.165) is 16.7 Å². The summed E-state index contributed by atoms with van der Waals surface area (Å²) in [5.41, 5.74) is 8.42. The highest BCUT2D eigenvalue weighted by molar-refractivity contribution is 5.76. The first-order valence-corrected chi connectivity index (χ1v) is 5.32. The van der Waals surface area contributed by atoms with Crippen LogP contribution in [0.4, 0.5) is 0 Å². The molecule has 86 valence electrons. The Morgan fingerprint density at radius 3 is 2.94 bits per heavy atom. The van der Waals surface area contributed by atoms with Crippen LogP contribution in [0.5, 0.6) is 0 Å². The molecule has 0 saturated carbocycles. The molecule has 0 amide bonds. The highest BCUT2D eigenvalue weighted by Gasteiger charge is 2.12. The van der Waals surface area contributed by atoms with Crippen molar-refractivity contribution in [3.05, 3.63) is 29.7 Å². The van der Waals surface area contributed by atoms with E-state index in [4.69, 9.17) is 14.9 Å². The molecule has 1 aromatic carbocycles. The molecule has 0 aliphatic heterocycles. The number of nitrogens with zero attached hydrogens (tertiary/aromatic N) is 1. The van der Waals surface area contributed by atoms with Crippen LogP contribution in [0.2, 0.25) is 0 Å². The summed E-state index contributed by atoms with van der Waals surface area (Å²) in [4.78, 5) is 4.45. The Hall–Kier alpha value is -1.39. The number of hydrogen-bond donors (Lipinski definition) is 1. The van der Waals surface area contributed by atoms with Crippen LogP contribution < -0.4 is 5.73 Å². The highest BCUT2D eigenvalue weighted by atomic mass is 16.5. The fourth-order valence-corrected chi connectivity index (χ4v) is 1.68. The average molecular weight is 220 g/mol. The zero-order chi connectivity index (χ0) is 11.5. The van der Waals surface area contributed by atoms with Gasteiger partial charge in [0.2, 0.25) is 0 Å². The second-order valence-corrected chi connectivity index (χ2v) is 3.83. The van der Waals surface area contributed by atoms with Gasteiger partial charge in [0.1, 0.15) is 5.52 Å². The van der Waals surface area contributed by atoms with Gasteiger partial charge in [0.25, 0.3) is 0 Å². The van der Waals surface area contributed by atoms with Crippen molar-refractivity contribution in [1.29, 1.82) is 0 Å². The SMILES string of the molecule is COC(CN)Cc1nc2c(C)cccc2o1. The van der Waals surface area contributed by atoms with Crippen LogP contribution in [0.25, 0.3) is 11.1 Å². The smallest absolute Gasteiger partial charge is 0.198 e.